The van der Waals surface area contributed by atoms with E-state index in [0.717, 1.165) is 5.69 Å². The number of benzene rings is 1. The summed E-state index contributed by atoms with van der Waals surface area (Å²) < 4.78 is 37.1. The third-order valence-corrected chi connectivity index (χ3v) is 4.36. The Balaban J connectivity index is 1.68. The van der Waals surface area contributed by atoms with E-state index in [9.17, 15) is 8.42 Å². The van der Waals surface area contributed by atoms with Crippen LogP contribution in [-0.2, 0) is 16.4 Å². The summed E-state index contributed by atoms with van der Waals surface area (Å²) in [6, 6.07) is 6.34. The molecule has 0 amide bonds. The summed E-state index contributed by atoms with van der Waals surface area (Å²) in [5.74, 6) is 1.00. The number of fused-ring (bicyclic) bond motifs is 1. The average molecular weight is 295 g/mol. The Morgan fingerprint density at radius 3 is 2.90 bits per heavy atom. The molecule has 1 aromatic heterocycles. The maximum absolute atomic E-state index is 12.1. The number of nitrogens with zero attached hydrogens (tertiary/aromatic N) is 1. The van der Waals surface area contributed by atoms with Gasteiger partial charge in [0, 0.05) is 30.9 Å². The highest BCUT2D eigenvalue weighted by Crippen LogP contribution is 2.33. The second-order valence-corrected chi connectivity index (χ2v) is 6.01. The standard InChI is InChI=1S/C12H13N3O4S/c16-20(17,14-6-4-9-3-5-13-15-9)10-1-2-11-12(7-10)19-8-18-11/h1-3,5,7,14H,4,6,8H2,(H,13,15). The van der Waals surface area contributed by atoms with Crippen LogP contribution in [0.2, 0.25) is 0 Å². The number of sulfonamides is 1. The van der Waals surface area contributed by atoms with Gasteiger partial charge < -0.3 is 9.47 Å². The number of aromatic amines is 1. The fourth-order valence-electron chi connectivity index (χ4n) is 1.87. The quantitative estimate of drug-likeness (QED) is 0.845. The Morgan fingerprint density at radius 2 is 2.10 bits per heavy atom. The zero-order valence-electron chi connectivity index (χ0n) is 10.5. The van der Waals surface area contributed by atoms with Crippen molar-refractivity contribution in [1.29, 1.82) is 0 Å². The van der Waals surface area contributed by atoms with Gasteiger partial charge in [0.1, 0.15) is 0 Å². The van der Waals surface area contributed by atoms with Crippen LogP contribution < -0.4 is 14.2 Å². The SMILES string of the molecule is O=S(=O)(NCCc1ccn[nH]1)c1ccc2c(c1)OCO2. The third-order valence-electron chi connectivity index (χ3n) is 2.90. The molecule has 2 aromatic rings. The van der Waals surface area contributed by atoms with Gasteiger partial charge in [0.2, 0.25) is 16.8 Å². The first-order chi connectivity index (χ1) is 9.65. The van der Waals surface area contributed by atoms with Crippen molar-refractivity contribution < 1.29 is 17.9 Å². The van der Waals surface area contributed by atoms with Crippen molar-refractivity contribution in [3.05, 3.63) is 36.2 Å². The third kappa shape index (κ3) is 2.61. The Morgan fingerprint density at radius 1 is 1.25 bits per heavy atom. The minimum atomic E-state index is -3.55. The van der Waals surface area contributed by atoms with Crippen molar-refractivity contribution in [2.24, 2.45) is 0 Å². The van der Waals surface area contributed by atoms with E-state index < -0.39 is 10.0 Å². The highest BCUT2D eigenvalue weighted by molar-refractivity contribution is 7.89. The summed E-state index contributed by atoms with van der Waals surface area (Å²) >= 11 is 0. The topological polar surface area (TPSA) is 93.3 Å². The van der Waals surface area contributed by atoms with Crippen LogP contribution in [0.15, 0.2) is 35.4 Å². The van der Waals surface area contributed by atoms with Crippen LogP contribution in [0.25, 0.3) is 0 Å². The Labute approximate surface area is 116 Å². The summed E-state index contributed by atoms with van der Waals surface area (Å²) in [6.45, 7) is 0.408. The molecule has 3 rings (SSSR count). The molecule has 8 heteroatoms. The molecular formula is C12H13N3O4S. The number of H-pyrrole nitrogens is 1. The van der Waals surface area contributed by atoms with Crippen molar-refractivity contribution in [1.82, 2.24) is 14.9 Å². The Hall–Kier alpha value is -2.06. The van der Waals surface area contributed by atoms with Crippen molar-refractivity contribution in [3.63, 3.8) is 0 Å². The molecule has 1 aliphatic rings. The summed E-state index contributed by atoms with van der Waals surface area (Å²) in [4.78, 5) is 0.159. The van der Waals surface area contributed by atoms with Gasteiger partial charge in [0.05, 0.1) is 4.90 Å². The summed E-state index contributed by atoms with van der Waals surface area (Å²) in [7, 11) is -3.55. The lowest BCUT2D eigenvalue weighted by molar-refractivity contribution is 0.174. The average Bonchev–Trinajstić information content (AvgIpc) is 3.08. The van der Waals surface area contributed by atoms with E-state index in [1.165, 1.54) is 12.1 Å². The lowest BCUT2D eigenvalue weighted by atomic mass is 10.3. The molecule has 20 heavy (non-hydrogen) atoms. The molecule has 1 aromatic carbocycles. The molecule has 0 atom stereocenters. The van der Waals surface area contributed by atoms with Gasteiger partial charge in [-0.05, 0) is 18.2 Å². The van der Waals surface area contributed by atoms with Gasteiger partial charge in [-0.1, -0.05) is 0 Å². The van der Waals surface area contributed by atoms with Crippen molar-refractivity contribution in [2.45, 2.75) is 11.3 Å². The largest absolute Gasteiger partial charge is 0.454 e. The first kappa shape index (κ1) is 12.9. The van der Waals surface area contributed by atoms with Crippen LogP contribution in [0.3, 0.4) is 0 Å². The molecule has 0 spiro atoms. The summed E-state index contributed by atoms with van der Waals surface area (Å²) in [6.07, 6.45) is 2.17. The molecule has 0 fully saturated rings. The number of aromatic nitrogens is 2. The molecule has 0 aliphatic carbocycles. The first-order valence-corrected chi connectivity index (χ1v) is 7.51. The van der Waals surface area contributed by atoms with E-state index in [2.05, 4.69) is 14.9 Å². The molecule has 2 heterocycles. The van der Waals surface area contributed by atoms with Crippen molar-refractivity contribution in [3.8, 4) is 11.5 Å². The van der Waals surface area contributed by atoms with Crippen LogP contribution >= 0.6 is 0 Å². The maximum atomic E-state index is 12.1. The molecule has 0 radical (unpaired) electrons. The number of rotatable bonds is 5. The highest BCUT2D eigenvalue weighted by Gasteiger charge is 2.19. The van der Waals surface area contributed by atoms with Crippen LogP contribution in [-0.4, -0.2) is 32.0 Å². The number of hydrogen-bond donors (Lipinski definition) is 2. The van der Waals surface area contributed by atoms with Gasteiger partial charge in [0.25, 0.3) is 0 Å². The Bertz CT molecular complexity index is 697. The zero-order valence-corrected chi connectivity index (χ0v) is 11.3. The van der Waals surface area contributed by atoms with E-state index in [4.69, 9.17) is 9.47 Å². The lowest BCUT2D eigenvalue weighted by Crippen LogP contribution is -2.26. The minimum Gasteiger partial charge on any atom is -0.454 e. The van der Waals surface area contributed by atoms with Crippen LogP contribution in [0.5, 0.6) is 11.5 Å². The summed E-state index contributed by atoms with van der Waals surface area (Å²) in [5.41, 5.74) is 0.874. The van der Waals surface area contributed by atoms with E-state index in [-0.39, 0.29) is 11.7 Å². The predicted octanol–water partition coefficient (Wildman–Crippen LogP) is 0.659. The minimum absolute atomic E-state index is 0.117. The van der Waals surface area contributed by atoms with E-state index in [1.807, 2.05) is 0 Å². The highest BCUT2D eigenvalue weighted by atomic mass is 32.2. The lowest BCUT2D eigenvalue weighted by Gasteiger charge is -2.06. The molecule has 0 bridgehead atoms. The molecule has 7 nitrogen and oxygen atoms in total. The van der Waals surface area contributed by atoms with Gasteiger partial charge in [-0.15, -0.1) is 0 Å². The van der Waals surface area contributed by atoms with Crippen LogP contribution in [0.1, 0.15) is 5.69 Å². The second kappa shape index (κ2) is 5.14. The normalized spacial score (nSPS) is 13.6. The van der Waals surface area contributed by atoms with E-state index in [1.54, 1.807) is 18.3 Å². The van der Waals surface area contributed by atoms with Gasteiger partial charge in [0.15, 0.2) is 11.5 Å². The monoisotopic (exact) mass is 295 g/mol. The maximum Gasteiger partial charge on any atom is 0.240 e. The van der Waals surface area contributed by atoms with Crippen molar-refractivity contribution >= 4 is 10.0 Å². The molecule has 0 unspecified atom stereocenters. The van der Waals surface area contributed by atoms with Gasteiger partial charge in [-0.25, -0.2) is 13.1 Å². The number of hydrogen-bond acceptors (Lipinski definition) is 5. The van der Waals surface area contributed by atoms with E-state index >= 15 is 0 Å². The molecule has 106 valence electrons. The number of nitrogens with one attached hydrogen (secondary N) is 2. The fraction of sp³-hybridized carbons (Fsp3) is 0.250. The van der Waals surface area contributed by atoms with Gasteiger partial charge in [-0.2, -0.15) is 5.10 Å². The molecule has 1 aliphatic heterocycles. The predicted molar refractivity (Wildman–Crippen MR) is 70.0 cm³/mol. The van der Waals surface area contributed by atoms with Crippen LogP contribution in [0.4, 0.5) is 0 Å². The van der Waals surface area contributed by atoms with Gasteiger partial charge >= 0.3 is 0 Å². The first-order valence-electron chi connectivity index (χ1n) is 6.03. The Kier molecular flexibility index (Phi) is 3.33. The smallest absolute Gasteiger partial charge is 0.240 e. The summed E-state index contributed by atoms with van der Waals surface area (Å²) in [5, 5.41) is 6.58. The van der Waals surface area contributed by atoms with Gasteiger partial charge in [-0.3, -0.25) is 5.10 Å². The van der Waals surface area contributed by atoms with E-state index in [0.29, 0.717) is 24.5 Å². The molecule has 2 N–H and O–H groups in total. The second-order valence-electron chi connectivity index (χ2n) is 4.24. The molecule has 0 saturated carbocycles. The van der Waals surface area contributed by atoms with Crippen LogP contribution in [0, 0.1) is 0 Å². The fourth-order valence-corrected chi connectivity index (χ4v) is 2.92. The zero-order chi connectivity index (χ0) is 14.0. The number of ether oxygens (including phenoxy) is 2. The van der Waals surface area contributed by atoms with Crippen molar-refractivity contribution in [2.75, 3.05) is 13.3 Å². The molecular weight excluding hydrogens is 282 g/mol. The molecule has 0 saturated heterocycles.